The summed E-state index contributed by atoms with van der Waals surface area (Å²) in [4.78, 5) is 26.2. The van der Waals surface area contributed by atoms with Crippen LogP contribution in [0.1, 0.15) is 38.3 Å². The van der Waals surface area contributed by atoms with E-state index < -0.39 is 6.04 Å². The van der Waals surface area contributed by atoms with Gasteiger partial charge in [-0.3, -0.25) is 9.59 Å². The van der Waals surface area contributed by atoms with Gasteiger partial charge in [-0.1, -0.05) is 26.0 Å². The second-order valence-electron chi connectivity index (χ2n) is 6.51. The number of hydrogen-bond donors (Lipinski definition) is 2. The third kappa shape index (κ3) is 4.26. The number of ether oxygens (including phenoxy) is 1. The number of nitrogens with zero attached hydrogens (tertiary/aromatic N) is 1. The van der Waals surface area contributed by atoms with Gasteiger partial charge in [0.1, 0.15) is 5.75 Å². The molecule has 24 heavy (non-hydrogen) atoms. The van der Waals surface area contributed by atoms with Gasteiger partial charge in [-0.15, -0.1) is 0 Å². The molecule has 1 saturated heterocycles. The molecule has 1 heterocycles. The highest BCUT2D eigenvalue weighted by atomic mass is 16.5. The van der Waals surface area contributed by atoms with E-state index in [0.29, 0.717) is 6.54 Å². The van der Waals surface area contributed by atoms with Gasteiger partial charge in [-0.2, -0.15) is 0 Å². The molecule has 1 aliphatic heterocycles. The Labute approximate surface area is 143 Å². The molecule has 6 heteroatoms. The van der Waals surface area contributed by atoms with Crippen LogP contribution in [0.5, 0.6) is 5.75 Å². The number of rotatable bonds is 6. The standard InChI is InChI=1S/C18H27N3O3/c1-12(2)17(19)18(23)20-11-16(22)21-10-4-5-15(21)13-6-8-14(24-3)9-7-13/h6-9,12,15,17H,4-5,10-11,19H2,1-3H3,(H,20,23)/t15?,17-/m0/s1. The number of benzene rings is 1. The normalized spacial score (nSPS) is 18.5. The third-order valence-electron chi connectivity index (χ3n) is 4.51. The summed E-state index contributed by atoms with van der Waals surface area (Å²) in [6.45, 7) is 4.46. The Morgan fingerprint density at radius 2 is 2.00 bits per heavy atom. The SMILES string of the molecule is COc1ccc(C2CCCN2C(=O)CNC(=O)[C@@H](N)C(C)C)cc1. The predicted octanol–water partition coefficient (Wildman–Crippen LogP) is 1.46. The first-order valence-electron chi connectivity index (χ1n) is 8.40. The molecule has 1 fully saturated rings. The first-order valence-corrected chi connectivity index (χ1v) is 8.40. The van der Waals surface area contributed by atoms with Gasteiger partial charge < -0.3 is 20.7 Å². The number of nitrogens with one attached hydrogen (secondary N) is 1. The Kier molecular flexibility index (Phi) is 6.20. The van der Waals surface area contributed by atoms with E-state index in [1.807, 2.05) is 43.0 Å². The Morgan fingerprint density at radius 1 is 1.33 bits per heavy atom. The molecule has 3 N–H and O–H groups in total. The van der Waals surface area contributed by atoms with Gasteiger partial charge in [-0.25, -0.2) is 0 Å². The molecule has 0 saturated carbocycles. The average Bonchev–Trinajstić information content (AvgIpc) is 3.08. The molecule has 2 rings (SSSR count). The van der Waals surface area contributed by atoms with Crippen molar-refractivity contribution in [1.82, 2.24) is 10.2 Å². The quantitative estimate of drug-likeness (QED) is 0.825. The molecule has 0 aliphatic carbocycles. The Morgan fingerprint density at radius 3 is 2.58 bits per heavy atom. The Bertz CT molecular complexity index is 571. The van der Waals surface area contributed by atoms with Crippen LogP contribution in [-0.2, 0) is 9.59 Å². The van der Waals surface area contributed by atoms with Crippen LogP contribution in [0.4, 0.5) is 0 Å². The molecule has 6 nitrogen and oxygen atoms in total. The van der Waals surface area contributed by atoms with E-state index in [4.69, 9.17) is 10.5 Å². The van der Waals surface area contributed by atoms with E-state index in [0.717, 1.165) is 24.2 Å². The summed E-state index contributed by atoms with van der Waals surface area (Å²) >= 11 is 0. The topological polar surface area (TPSA) is 84.7 Å². The minimum Gasteiger partial charge on any atom is -0.497 e. The maximum atomic E-state index is 12.5. The van der Waals surface area contributed by atoms with E-state index in [-0.39, 0.29) is 30.3 Å². The van der Waals surface area contributed by atoms with Crippen LogP contribution in [0.25, 0.3) is 0 Å². The van der Waals surface area contributed by atoms with Gasteiger partial charge in [0.15, 0.2) is 0 Å². The van der Waals surface area contributed by atoms with Crippen LogP contribution in [0.15, 0.2) is 24.3 Å². The van der Waals surface area contributed by atoms with Crippen molar-refractivity contribution in [2.75, 3.05) is 20.2 Å². The van der Waals surface area contributed by atoms with Crippen LogP contribution in [0.2, 0.25) is 0 Å². The summed E-state index contributed by atoms with van der Waals surface area (Å²) in [6, 6.07) is 7.25. The summed E-state index contributed by atoms with van der Waals surface area (Å²) in [5.41, 5.74) is 6.89. The molecule has 0 spiro atoms. The van der Waals surface area contributed by atoms with E-state index in [1.54, 1.807) is 7.11 Å². The van der Waals surface area contributed by atoms with Crippen molar-refractivity contribution in [3.63, 3.8) is 0 Å². The fourth-order valence-electron chi connectivity index (χ4n) is 2.92. The van der Waals surface area contributed by atoms with Crippen molar-refractivity contribution in [2.45, 2.75) is 38.8 Å². The second kappa shape index (κ2) is 8.15. The predicted molar refractivity (Wildman–Crippen MR) is 92.5 cm³/mol. The van der Waals surface area contributed by atoms with Gasteiger partial charge in [0, 0.05) is 6.54 Å². The second-order valence-corrected chi connectivity index (χ2v) is 6.51. The van der Waals surface area contributed by atoms with Gasteiger partial charge in [-0.05, 0) is 36.5 Å². The molecule has 2 amide bonds. The lowest BCUT2D eigenvalue weighted by molar-refractivity contribution is -0.134. The number of carbonyl (C=O) groups excluding carboxylic acids is 2. The van der Waals surface area contributed by atoms with Crippen molar-refractivity contribution in [3.8, 4) is 5.75 Å². The van der Waals surface area contributed by atoms with E-state index in [9.17, 15) is 9.59 Å². The monoisotopic (exact) mass is 333 g/mol. The number of hydrogen-bond acceptors (Lipinski definition) is 4. The summed E-state index contributed by atoms with van der Waals surface area (Å²) < 4.78 is 5.17. The first kappa shape index (κ1) is 18.3. The zero-order valence-electron chi connectivity index (χ0n) is 14.6. The Hall–Kier alpha value is -2.08. The van der Waals surface area contributed by atoms with Gasteiger partial charge in [0.05, 0.1) is 25.7 Å². The van der Waals surface area contributed by atoms with Crippen molar-refractivity contribution in [2.24, 2.45) is 11.7 Å². The van der Waals surface area contributed by atoms with E-state index >= 15 is 0 Å². The summed E-state index contributed by atoms with van der Waals surface area (Å²) in [6.07, 6.45) is 1.89. The molecule has 132 valence electrons. The van der Waals surface area contributed by atoms with Gasteiger partial charge in [0.2, 0.25) is 11.8 Å². The molecule has 0 radical (unpaired) electrons. The maximum absolute atomic E-state index is 12.5. The molecule has 1 unspecified atom stereocenters. The molecular formula is C18H27N3O3. The number of amides is 2. The largest absolute Gasteiger partial charge is 0.497 e. The van der Waals surface area contributed by atoms with Crippen LogP contribution >= 0.6 is 0 Å². The summed E-state index contributed by atoms with van der Waals surface area (Å²) in [7, 11) is 1.63. The summed E-state index contributed by atoms with van der Waals surface area (Å²) in [5.74, 6) is 0.486. The molecule has 0 bridgehead atoms. The van der Waals surface area contributed by atoms with Gasteiger partial charge >= 0.3 is 0 Å². The summed E-state index contributed by atoms with van der Waals surface area (Å²) in [5, 5.41) is 2.66. The van der Waals surface area contributed by atoms with Crippen LogP contribution in [0, 0.1) is 5.92 Å². The lowest BCUT2D eigenvalue weighted by Crippen LogP contribution is -2.47. The highest BCUT2D eigenvalue weighted by molar-refractivity contribution is 5.87. The maximum Gasteiger partial charge on any atom is 0.242 e. The van der Waals surface area contributed by atoms with Crippen LogP contribution in [-0.4, -0.2) is 43.0 Å². The zero-order valence-corrected chi connectivity index (χ0v) is 14.6. The van der Waals surface area contributed by atoms with E-state index in [2.05, 4.69) is 5.32 Å². The fraction of sp³-hybridized carbons (Fsp3) is 0.556. The van der Waals surface area contributed by atoms with Crippen molar-refractivity contribution in [1.29, 1.82) is 0 Å². The minimum absolute atomic E-state index is 0.00803. The lowest BCUT2D eigenvalue weighted by atomic mass is 10.0. The van der Waals surface area contributed by atoms with Crippen molar-refractivity contribution >= 4 is 11.8 Å². The number of carbonyl (C=O) groups is 2. The van der Waals surface area contributed by atoms with Crippen LogP contribution < -0.4 is 15.8 Å². The first-order chi connectivity index (χ1) is 11.4. The minimum atomic E-state index is -0.589. The molecule has 2 atom stereocenters. The van der Waals surface area contributed by atoms with Crippen molar-refractivity contribution < 1.29 is 14.3 Å². The van der Waals surface area contributed by atoms with E-state index in [1.165, 1.54) is 0 Å². The highest BCUT2D eigenvalue weighted by Gasteiger charge is 2.30. The average molecular weight is 333 g/mol. The zero-order chi connectivity index (χ0) is 17.7. The Balaban J connectivity index is 1.96. The molecule has 1 aliphatic rings. The number of methoxy groups -OCH3 is 1. The fourth-order valence-corrected chi connectivity index (χ4v) is 2.92. The number of nitrogens with two attached hydrogens (primary N) is 1. The molecule has 0 aromatic heterocycles. The van der Waals surface area contributed by atoms with Crippen molar-refractivity contribution in [3.05, 3.63) is 29.8 Å². The third-order valence-corrected chi connectivity index (χ3v) is 4.51. The molecule has 1 aromatic rings. The van der Waals surface area contributed by atoms with Gasteiger partial charge in [0.25, 0.3) is 0 Å². The van der Waals surface area contributed by atoms with Crippen LogP contribution in [0.3, 0.4) is 0 Å². The highest BCUT2D eigenvalue weighted by Crippen LogP contribution is 2.32. The molecular weight excluding hydrogens is 306 g/mol. The lowest BCUT2D eigenvalue weighted by Gasteiger charge is -2.26. The number of likely N-dealkylation sites (tertiary alicyclic amines) is 1. The molecule has 1 aromatic carbocycles. The smallest absolute Gasteiger partial charge is 0.242 e.